The third-order valence-corrected chi connectivity index (χ3v) is 3.70. The molecule has 1 N–H and O–H groups in total. The molecule has 0 fully saturated rings. The molecule has 4 nitrogen and oxygen atoms in total. The van der Waals surface area contributed by atoms with Crippen molar-refractivity contribution in [2.24, 2.45) is 0 Å². The number of thiazole rings is 1. The van der Waals surface area contributed by atoms with Gasteiger partial charge in [-0.25, -0.2) is 9.97 Å². The Kier molecular flexibility index (Phi) is 4.66. The zero-order valence-corrected chi connectivity index (χ0v) is 11.5. The average Bonchev–Trinajstić information content (AvgIpc) is 2.87. The third-order valence-electron chi connectivity index (χ3n) is 2.56. The van der Waals surface area contributed by atoms with Crippen LogP contribution in [-0.2, 0) is 19.5 Å². The fourth-order valence-electron chi connectivity index (χ4n) is 1.66. The van der Waals surface area contributed by atoms with Crippen molar-refractivity contribution in [3.63, 3.8) is 0 Å². The van der Waals surface area contributed by atoms with Crippen LogP contribution in [0.5, 0.6) is 5.88 Å². The molecule has 0 unspecified atom stereocenters. The van der Waals surface area contributed by atoms with E-state index in [0.717, 1.165) is 25.1 Å². The van der Waals surface area contributed by atoms with Crippen molar-refractivity contribution in [2.75, 3.05) is 7.11 Å². The van der Waals surface area contributed by atoms with E-state index < -0.39 is 0 Å². The van der Waals surface area contributed by atoms with E-state index in [1.807, 2.05) is 18.3 Å². The number of hydrogen-bond donors (Lipinski definition) is 1. The summed E-state index contributed by atoms with van der Waals surface area (Å²) >= 11 is 1.76. The first-order valence-corrected chi connectivity index (χ1v) is 6.77. The fourth-order valence-corrected chi connectivity index (χ4v) is 2.49. The molecular weight excluding hydrogens is 246 g/mol. The highest BCUT2D eigenvalue weighted by molar-refractivity contribution is 7.11. The molecule has 96 valence electrons. The van der Waals surface area contributed by atoms with Gasteiger partial charge in [0.05, 0.1) is 12.1 Å². The molecule has 5 heteroatoms. The Morgan fingerprint density at radius 2 is 2.22 bits per heavy atom. The molecular formula is C13H17N3OS. The number of rotatable bonds is 6. The van der Waals surface area contributed by atoms with Gasteiger partial charge < -0.3 is 10.1 Å². The second kappa shape index (κ2) is 6.47. The molecule has 2 aromatic rings. The normalized spacial score (nSPS) is 10.6. The summed E-state index contributed by atoms with van der Waals surface area (Å²) in [5, 5.41) is 4.57. The van der Waals surface area contributed by atoms with E-state index in [-0.39, 0.29) is 0 Å². The molecule has 0 amide bonds. The van der Waals surface area contributed by atoms with Gasteiger partial charge in [0.1, 0.15) is 0 Å². The zero-order valence-electron chi connectivity index (χ0n) is 10.6. The number of nitrogens with zero attached hydrogens (tertiary/aromatic N) is 2. The summed E-state index contributed by atoms with van der Waals surface area (Å²) in [7, 11) is 1.64. The van der Waals surface area contributed by atoms with Crippen molar-refractivity contribution in [1.82, 2.24) is 15.3 Å². The van der Waals surface area contributed by atoms with Crippen molar-refractivity contribution < 1.29 is 4.74 Å². The maximum absolute atomic E-state index is 5.21. The molecule has 0 spiro atoms. The third kappa shape index (κ3) is 3.27. The van der Waals surface area contributed by atoms with Crippen molar-refractivity contribution in [3.05, 3.63) is 40.0 Å². The first kappa shape index (κ1) is 13.0. The fraction of sp³-hybridized carbons (Fsp3) is 0.385. The average molecular weight is 263 g/mol. The highest BCUT2D eigenvalue weighted by Gasteiger charge is 2.04. The monoisotopic (exact) mass is 263 g/mol. The molecule has 18 heavy (non-hydrogen) atoms. The van der Waals surface area contributed by atoms with Gasteiger partial charge in [0.25, 0.3) is 0 Å². The first-order valence-electron chi connectivity index (χ1n) is 5.95. The summed E-state index contributed by atoms with van der Waals surface area (Å²) in [4.78, 5) is 9.76. The van der Waals surface area contributed by atoms with Gasteiger partial charge in [0.2, 0.25) is 5.88 Å². The van der Waals surface area contributed by atoms with Crippen LogP contribution < -0.4 is 10.1 Å². The smallest absolute Gasteiger partial charge is 0.217 e. The molecule has 0 bridgehead atoms. The van der Waals surface area contributed by atoms with Gasteiger partial charge >= 0.3 is 0 Å². The molecule has 0 aliphatic carbocycles. The van der Waals surface area contributed by atoms with Crippen LogP contribution in [0, 0.1) is 0 Å². The van der Waals surface area contributed by atoms with Crippen LogP contribution in [0.15, 0.2) is 24.5 Å². The molecule has 0 atom stereocenters. The van der Waals surface area contributed by atoms with E-state index in [0.29, 0.717) is 5.88 Å². The zero-order chi connectivity index (χ0) is 12.8. The predicted octanol–water partition coefficient (Wildman–Crippen LogP) is 2.40. The Morgan fingerprint density at radius 3 is 2.94 bits per heavy atom. The number of methoxy groups -OCH3 is 1. The van der Waals surface area contributed by atoms with Gasteiger partial charge in [-0.05, 0) is 12.5 Å². The SMILES string of the molecule is CCc1ncc(CNCc2cccnc2OC)s1. The molecule has 2 heterocycles. The summed E-state index contributed by atoms with van der Waals surface area (Å²) in [6, 6.07) is 3.93. The van der Waals surface area contributed by atoms with E-state index in [1.54, 1.807) is 24.6 Å². The highest BCUT2D eigenvalue weighted by atomic mass is 32.1. The first-order chi connectivity index (χ1) is 8.83. The molecule has 0 aliphatic rings. The summed E-state index contributed by atoms with van der Waals surface area (Å²) in [5.74, 6) is 0.684. The van der Waals surface area contributed by atoms with Crippen molar-refractivity contribution in [2.45, 2.75) is 26.4 Å². The summed E-state index contributed by atoms with van der Waals surface area (Å²) in [5.41, 5.74) is 1.07. The van der Waals surface area contributed by atoms with Crippen LogP contribution in [0.4, 0.5) is 0 Å². The molecule has 0 aliphatic heterocycles. The molecule has 2 aromatic heterocycles. The lowest BCUT2D eigenvalue weighted by Crippen LogP contribution is -2.12. The number of pyridine rings is 1. The van der Waals surface area contributed by atoms with Crippen molar-refractivity contribution in [3.8, 4) is 5.88 Å². The predicted molar refractivity (Wildman–Crippen MR) is 72.8 cm³/mol. The van der Waals surface area contributed by atoms with Gasteiger partial charge in [-0.15, -0.1) is 11.3 Å². The minimum Gasteiger partial charge on any atom is -0.481 e. The van der Waals surface area contributed by atoms with Crippen molar-refractivity contribution in [1.29, 1.82) is 0 Å². The molecule has 0 radical (unpaired) electrons. The Labute approximate surface area is 111 Å². The van der Waals surface area contributed by atoms with Crippen LogP contribution in [0.2, 0.25) is 0 Å². The Hall–Kier alpha value is -1.46. The Bertz CT molecular complexity index is 498. The minimum absolute atomic E-state index is 0.684. The van der Waals surface area contributed by atoms with Gasteiger partial charge in [-0.3, -0.25) is 0 Å². The standard InChI is InChI=1S/C13H17N3OS/c1-3-12-16-9-11(18-12)8-14-7-10-5-4-6-15-13(10)17-2/h4-6,9,14H,3,7-8H2,1-2H3. The highest BCUT2D eigenvalue weighted by Crippen LogP contribution is 2.15. The largest absolute Gasteiger partial charge is 0.481 e. The molecule has 2 rings (SSSR count). The lowest BCUT2D eigenvalue weighted by atomic mass is 10.2. The second-order valence-electron chi connectivity index (χ2n) is 3.85. The van der Waals surface area contributed by atoms with E-state index >= 15 is 0 Å². The Balaban J connectivity index is 1.88. The maximum Gasteiger partial charge on any atom is 0.217 e. The van der Waals surface area contributed by atoms with Crippen molar-refractivity contribution >= 4 is 11.3 Å². The molecule has 0 saturated carbocycles. The van der Waals surface area contributed by atoms with Gasteiger partial charge in [0.15, 0.2) is 0 Å². The lowest BCUT2D eigenvalue weighted by molar-refractivity contribution is 0.390. The number of aromatic nitrogens is 2. The van der Waals surface area contributed by atoms with E-state index in [9.17, 15) is 0 Å². The van der Waals surface area contributed by atoms with Crippen LogP contribution in [0.25, 0.3) is 0 Å². The van der Waals surface area contributed by atoms with Crippen LogP contribution in [0.3, 0.4) is 0 Å². The minimum atomic E-state index is 0.684. The van der Waals surface area contributed by atoms with Gasteiger partial charge in [-0.2, -0.15) is 0 Å². The lowest BCUT2D eigenvalue weighted by Gasteiger charge is -2.07. The number of hydrogen-bond acceptors (Lipinski definition) is 5. The number of nitrogens with one attached hydrogen (secondary N) is 1. The van der Waals surface area contributed by atoms with Crippen LogP contribution in [0.1, 0.15) is 22.4 Å². The topological polar surface area (TPSA) is 47.0 Å². The van der Waals surface area contributed by atoms with Gasteiger partial charge in [-0.1, -0.05) is 13.0 Å². The maximum atomic E-state index is 5.21. The second-order valence-corrected chi connectivity index (χ2v) is 5.05. The van der Waals surface area contributed by atoms with Gasteiger partial charge in [0, 0.05) is 35.9 Å². The van der Waals surface area contributed by atoms with E-state index in [2.05, 4.69) is 22.2 Å². The summed E-state index contributed by atoms with van der Waals surface area (Å²) in [6.07, 6.45) is 4.68. The number of aryl methyl sites for hydroxylation is 1. The molecule has 0 aromatic carbocycles. The quantitative estimate of drug-likeness (QED) is 0.869. The Morgan fingerprint density at radius 1 is 1.33 bits per heavy atom. The summed E-state index contributed by atoms with van der Waals surface area (Å²) < 4.78 is 5.21. The molecule has 0 saturated heterocycles. The van der Waals surface area contributed by atoms with Crippen LogP contribution >= 0.6 is 11.3 Å². The van der Waals surface area contributed by atoms with Crippen LogP contribution in [-0.4, -0.2) is 17.1 Å². The van der Waals surface area contributed by atoms with E-state index in [1.165, 1.54) is 9.88 Å². The number of ether oxygens (including phenoxy) is 1. The summed E-state index contributed by atoms with van der Waals surface area (Å²) in [6.45, 7) is 3.70. The van der Waals surface area contributed by atoms with E-state index in [4.69, 9.17) is 4.74 Å².